The molecule has 1 saturated heterocycles. The number of benzene rings is 1. The van der Waals surface area contributed by atoms with E-state index in [2.05, 4.69) is 15.2 Å². The predicted octanol–water partition coefficient (Wildman–Crippen LogP) is 3.87. The molecule has 1 aliphatic heterocycles. The molecule has 0 radical (unpaired) electrons. The zero-order valence-electron chi connectivity index (χ0n) is 17.1. The molecular weight excluding hydrogens is 434 g/mol. The van der Waals surface area contributed by atoms with Crippen LogP contribution in [0.2, 0.25) is 0 Å². The molecule has 1 fully saturated rings. The van der Waals surface area contributed by atoms with Crippen molar-refractivity contribution in [2.45, 2.75) is 16.3 Å². The van der Waals surface area contributed by atoms with Crippen molar-refractivity contribution in [2.75, 3.05) is 44.7 Å². The van der Waals surface area contributed by atoms with Crippen molar-refractivity contribution in [3.63, 3.8) is 0 Å². The molecule has 0 saturated carbocycles. The molecule has 0 atom stereocenters. The highest BCUT2D eigenvalue weighted by Gasteiger charge is 2.27. The number of nitrogens with zero attached hydrogens (tertiary/aromatic N) is 2. The van der Waals surface area contributed by atoms with Crippen LogP contribution in [0, 0.1) is 0 Å². The Kier molecular flexibility index (Phi) is 7.18. The van der Waals surface area contributed by atoms with Gasteiger partial charge in [0.05, 0.1) is 18.1 Å². The minimum absolute atomic E-state index is 0.0871. The van der Waals surface area contributed by atoms with Crippen molar-refractivity contribution in [3.8, 4) is 0 Å². The normalized spacial score (nSPS) is 15.5. The van der Waals surface area contributed by atoms with Crippen LogP contribution in [0.25, 0.3) is 12.2 Å². The van der Waals surface area contributed by atoms with Gasteiger partial charge >= 0.3 is 0 Å². The Morgan fingerprint density at radius 2 is 1.90 bits per heavy atom. The highest BCUT2D eigenvalue weighted by atomic mass is 32.2. The van der Waals surface area contributed by atoms with Gasteiger partial charge in [-0.1, -0.05) is 24.3 Å². The third-order valence-electron chi connectivity index (χ3n) is 4.89. The first-order chi connectivity index (χ1) is 15.1. The molecule has 0 amide bonds. The minimum atomic E-state index is -3.80. The van der Waals surface area contributed by atoms with Crippen molar-refractivity contribution in [3.05, 3.63) is 58.6 Å². The zero-order chi connectivity index (χ0) is 21.5. The summed E-state index contributed by atoms with van der Waals surface area (Å²) in [4.78, 5) is 7.86. The quantitative estimate of drug-likeness (QED) is 0.486. The first kappa shape index (κ1) is 21.8. The molecule has 164 valence electrons. The lowest BCUT2D eigenvalue weighted by molar-refractivity contribution is 0.0378. The summed E-state index contributed by atoms with van der Waals surface area (Å²) < 4.78 is 37.5. The molecule has 3 aromatic rings. The molecule has 0 spiro atoms. The second kappa shape index (κ2) is 10.2. The number of rotatable bonds is 9. The van der Waals surface area contributed by atoms with Gasteiger partial charge in [0.25, 0.3) is 0 Å². The summed E-state index contributed by atoms with van der Waals surface area (Å²) in [5.41, 5.74) is 0. The summed E-state index contributed by atoms with van der Waals surface area (Å²) in [5.74, 6) is 0.426. The fraction of sp³-hybridized carbons (Fsp3) is 0.318. The lowest BCUT2D eigenvalue weighted by Crippen LogP contribution is -2.37. The van der Waals surface area contributed by atoms with Crippen LogP contribution >= 0.6 is 11.3 Å². The van der Waals surface area contributed by atoms with Crippen LogP contribution in [0.4, 0.5) is 5.88 Å². The molecule has 7 nitrogen and oxygen atoms in total. The van der Waals surface area contributed by atoms with E-state index in [0.717, 1.165) is 44.1 Å². The van der Waals surface area contributed by atoms with Crippen LogP contribution in [0.3, 0.4) is 0 Å². The Morgan fingerprint density at radius 1 is 1.10 bits per heavy atom. The maximum Gasteiger partial charge on any atom is 0.233 e. The van der Waals surface area contributed by atoms with Gasteiger partial charge in [-0.2, -0.15) is 4.98 Å². The first-order valence-electron chi connectivity index (χ1n) is 10.2. The van der Waals surface area contributed by atoms with E-state index in [0.29, 0.717) is 6.54 Å². The van der Waals surface area contributed by atoms with Gasteiger partial charge in [0.2, 0.25) is 26.6 Å². The van der Waals surface area contributed by atoms with Gasteiger partial charge in [0, 0.05) is 30.6 Å². The third kappa shape index (κ3) is 5.62. The fourth-order valence-corrected chi connectivity index (χ4v) is 5.19. The maximum atomic E-state index is 13.2. The standard InChI is InChI=1S/C22H25N3O4S2/c26-31(27,19-7-2-1-3-8-19)22-21(23-11-5-12-25-13-15-28-16-14-25)29-20(24-22)10-9-18-6-4-17-30-18/h1-4,6-10,17,23H,5,11-16H2/b10-9+. The molecule has 2 aromatic heterocycles. The van der Waals surface area contributed by atoms with Crippen molar-refractivity contribution >= 4 is 39.2 Å². The summed E-state index contributed by atoms with van der Waals surface area (Å²) in [6, 6.07) is 12.2. The molecule has 0 aliphatic carbocycles. The molecule has 0 unspecified atom stereocenters. The highest BCUT2D eigenvalue weighted by molar-refractivity contribution is 7.91. The zero-order valence-corrected chi connectivity index (χ0v) is 18.7. The number of sulfone groups is 1. The van der Waals surface area contributed by atoms with Crippen LogP contribution < -0.4 is 5.32 Å². The van der Waals surface area contributed by atoms with Gasteiger partial charge in [-0.15, -0.1) is 11.3 Å². The number of oxazole rings is 1. The summed E-state index contributed by atoms with van der Waals surface area (Å²) in [6.45, 7) is 4.86. The van der Waals surface area contributed by atoms with Crippen molar-refractivity contribution in [1.82, 2.24) is 9.88 Å². The lowest BCUT2D eigenvalue weighted by atomic mass is 10.3. The van der Waals surface area contributed by atoms with E-state index < -0.39 is 9.84 Å². The van der Waals surface area contributed by atoms with Crippen LogP contribution in [-0.2, 0) is 14.6 Å². The number of hydrogen-bond donors (Lipinski definition) is 1. The van der Waals surface area contributed by atoms with E-state index in [1.54, 1.807) is 47.7 Å². The smallest absolute Gasteiger partial charge is 0.233 e. The van der Waals surface area contributed by atoms with Gasteiger partial charge in [-0.25, -0.2) is 8.42 Å². The molecule has 1 N–H and O–H groups in total. The molecule has 9 heteroatoms. The van der Waals surface area contributed by atoms with Crippen molar-refractivity contribution < 1.29 is 17.6 Å². The van der Waals surface area contributed by atoms with Crippen LogP contribution in [0.15, 0.2) is 62.2 Å². The molecule has 31 heavy (non-hydrogen) atoms. The fourth-order valence-electron chi connectivity index (χ4n) is 3.27. The largest absolute Gasteiger partial charge is 0.420 e. The number of ether oxygens (including phenoxy) is 1. The monoisotopic (exact) mass is 459 g/mol. The van der Waals surface area contributed by atoms with E-state index in [4.69, 9.17) is 9.15 Å². The number of morpholine rings is 1. The van der Waals surface area contributed by atoms with Gasteiger partial charge in [-0.05, 0) is 42.6 Å². The average Bonchev–Trinajstić information content (AvgIpc) is 3.47. The third-order valence-corrected chi connectivity index (χ3v) is 7.41. The van der Waals surface area contributed by atoms with Gasteiger partial charge < -0.3 is 14.5 Å². The predicted molar refractivity (Wildman–Crippen MR) is 122 cm³/mol. The van der Waals surface area contributed by atoms with Crippen LogP contribution in [-0.4, -0.2) is 57.7 Å². The van der Waals surface area contributed by atoms with Crippen molar-refractivity contribution in [1.29, 1.82) is 0 Å². The van der Waals surface area contributed by atoms with Crippen molar-refractivity contribution in [2.24, 2.45) is 0 Å². The Balaban J connectivity index is 1.51. The van der Waals surface area contributed by atoms with E-state index >= 15 is 0 Å². The molecule has 0 bridgehead atoms. The molecular formula is C22H25N3O4S2. The van der Waals surface area contributed by atoms with Crippen LogP contribution in [0.1, 0.15) is 17.2 Å². The second-order valence-corrected chi connectivity index (χ2v) is 9.93. The molecule has 1 aromatic carbocycles. The Labute approximate surface area is 186 Å². The first-order valence-corrected chi connectivity index (χ1v) is 12.6. The minimum Gasteiger partial charge on any atom is -0.420 e. The molecule has 3 heterocycles. The van der Waals surface area contributed by atoms with Gasteiger partial charge in [0.1, 0.15) is 0 Å². The number of hydrogen-bond acceptors (Lipinski definition) is 8. The van der Waals surface area contributed by atoms with Gasteiger partial charge in [-0.3, -0.25) is 4.90 Å². The molecule has 4 rings (SSSR count). The topological polar surface area (TPSA) is 84.7 Å². The number of anilines is 1. The van der Waals surface area contributed by atoms with E-state index in [1.807, 2.05) is 23.6 Å². The highest BCUT2D eigenvalue weighted by Crippen LogP contribution is 2.29. The number of aromatic nitrogens is 1. The Morgan fingerprint density at radius 3 is 2.65 bits per heavy atom. The van der Waals surface area contributed by atoms with E-state index in [-0.39, 0.29) is 21.7 Å². The second-order valence-electron chi connectivity index (χ2n) is 7.09. The summed E-state index contributed by atoms with van der Waals surface area (Å²) in [7, 11) is -3.80. The molecule has 1 aliphatic rings. The Bertz CT molecular complexity index is 1090. The number of nitrogens with one attached hydrogen (secondary N) is 1. The average molecular weight is 460 g/mol. The van der Waals surface area contributed by atoms with E-state index in [1.165, 1.54) is 0 Å². The summed E-state index contributed by atoms with van der Waals surface area (Å²) in [6.07, 6.45) is 4.40. The van der Waals surface area contributed by atoms with E-state index in [9.17, 15) is 8.42 Å². The summed E-state index contributed by atoms with van der Waals surface area (Å²) in [5, 5.41) is 5.03. The van der Waals surface area contributed by atoms with Crippen LogP contribution in [0.5, 0.6) is 0 Å². The maximum absolute atomic E-state index is 13.2. The van der Waals surface area contributed by atoms with Gasteiger partial charge in [0.15, 0.2) is 0 Å². The number of thiophene rings is 1. The SMILES string of the molecule is O=S(=O)(c1ccccc1)c1nc(/C=C/c2cccs2)oc1NCCCN1CCOCC1. The Hall–Kier alpha value is -2.46. The lowest BCUT2D eigenvalue weighted by Gasteiger charge is -2.26. The summed E-state index contributed by atoms with van der Waals surface area (Å²) >= 11 is 1.58.